The van der Waals surface area contributed by atoms with Gasteiger partial charge < -0.3 is 25.3 Å². The van der Waals surface area contributed by atoms with Crippen molar-refractivity contribution in [2.75, 3.05) is 38.1 Å². The van der Waals surface area contributed by atoms with Crippen molar-refractivity contribution in [3.8, 4) is 6.07 Å². The minimum atomic E-state index is -0.190. The largest absolute Gasteiger partial charge is 0.459 e. The smallest absolute Gasteiger partial charge is 0.287 e. The Morgan fingerprint density at radius 3 is 2.78 bits per heavy atom. The van der Waals surface area contributed by atoms with E-state index in [1.54, 1.807) is 13.1 Å². The van der Waals surface area contributed by atoms with Crippen LogP contribution in [0.1, 0.15) is 40.9 Å². The van der Waals surface area contributed by atoms with Gasteiger partial charge in [-0.05, 0) is 44.4 Å². The summed E-state index contributed by atoms with van der Waals surface area (Å²) in [4.78, 5) is 18.6. The van der Waals surface area contributed by atoms with Crippen molar-refractivity contribution in [1.29, 1.82) is 5.26 Å². The lowest BCUT2D eigenvalue weighted by molar-refractivity contribution is 0.0925. The van der Waals surface area contributed by atoms with Gasteiger partial charge in [0.2, 0.25) is 0 Å². The van der Waals surface area contributed by atoms with Gasteiger partial charge in [0, 0.05) is 44.8 Å². The van der Waals surface area contributed by atoms with Gasteiger partial charge in [-0.1, -0.05) is 12.1 Å². The molecule has 1 amide bonds. The summed E-state index contributed by atoms with van der Waals surface area (Å²) in [6.45, 7) is 4.84. The van der Waals surface area contributed by atoms with E-state index in [4.69, 9.17) is 4.42 Å². The van der Waals surface area contributed by atoms with Crippen LogP contribution in [0.2, 0.25) is 0 Å². The molecule has 1 saturated heterocycles. The lowest BCUT2D eigenvalue weighted by Gasteiger charge is -2.35. The summed E-state index contributed by atoms with van der Waals surface area (Å²) in [6.07, 6.45) is 4.38. The third-order valence-electron chi connectivity index (χ3n) is 5.35. The summed E-state index contributed by atoms with van der Waals surface area (Å²) in [6, 6.07) is 12.0. The average molecular weight is 550 g/mol. The Kier molecular flexibility index (Phi) is 10.3. The number of carbonyl (C=O) groups is 1. The molecule has 32 heavy (non-hydrogen) atoms. The van der Waals surface area contributed by atoms with E-state index in [1.165, 1.54) is 6.26 Å². The molecule has 2 heterocycles. The van der Waals surface area contributed by atoms with Gasteiger partial charge in [-0.2, -0.15) is 5.26 Å². The lowest BCUT2D eigenvalue weighted by Crippen LogP contribution is -2.51. The maximum Gasteiger partial charge on any atom is 0.287 e. The number of nitriles is 1. The minimum absolute atomic E-state index is 0. The zero-order valence-corrected chi connectivity index (χ0v) is 20.9. The number of piperidine rings is 1. The first-order valence-corrected chi connectivity index (χ1v) is 10.7. The number of nitrogens with one attached hydrogen (secondary N) is 3. The molecule has 0 saturated carbocycles. The van der Waals surface area contributed by atoms with Crippen molar-refractivity contribution < 1.29 is 9.21 Å². The molecule has 1 aliphatic heterocycles. The third kappa shape index (κ3) is 6.88. The monoisotopic (exact) mass is 550 g/mol. The molecule has 1 atom stereocenters. The normalized spacial score (nSPS) is 16.0. The molecule has 1 aromatic heterocycles. The molecule has 172 valence electrons. The van der Waals surface area contributed by atoms with Crippen LogP contribution in [0.5, 0.6) is 0 Å². The van der Waals surface area contributed by atoms with Crippen molar-refractivity contribution in [3.05, 3.63) is 53.5 Å². The molecule has 1 aromatic carbocycles. The Hall–Kier alpha value is -2.74. The summed E-state index contributed by atoms with van der Waals surface area (Å²) < 4.78 is 5.20. The van der Waals surface area contributed by atoms with Crippen LogP contribution in [0.3, 0.4) is 0 Å². The van der Waals surface area contributed by atoms with Gasteiger partial charge in [-0.3, -0.25) is 9.79 Å². The molecule has 8 nitrogen and oxygen atoms in total. The molecule has 9 heteroatoms. The van der Waals surface area contributed by atoms with Crippen LogP contribution in [0.15, 0.2) is 46.0 Å². The Balaban J connectivity index is 0.00000363. The number of aliphatic imine (C=N–C) groups is 1. The number of benzene rings is 1. The first-order chi connectivity index (χ1) is 15.1. The molecule has 1 aliphatic rings. The SMILES string of the molecule is CN=C(NCCCNC(=O)c1occc1C)NC1CCCN(c2ccccc2C#N)C1.I. The minimum Gasteiger partial charge on any atom is -0.459 e. The zero-order chi connectivity index (χ0) is 22.1. The second-order valence-corrected chi connectivity index (χ2v) is 7.60. The van der Waals surface area contributed by atoms with Gasteiger partial charge in [-0.15, -0.1) is 24.0 Å². The summed E-state index contributed by atoms with van der Waals surface area (Å²) in [5.74, 6) is 0.920. The highest BCUT2D eigenvalue weighted by Crippen LogP contribution is 2.23. The predicted molar refractivity (Wildman–Crippen MR) is 137 cm³/mol. The summed E-state index contributed by atoms with van der Waals surface area (Å²) in [5, 5.41) is 19.0. The standard InChI is InChI=1S/C23H30N6O2.HI/c1-17-10-14-31-21(17)22(30)26-11-6-12-27-23(25-2)28-19-8-5-13-29(16-19)20-9-4-3-7-18(20)15-24;/h3-4,7,9-10,14,19H,5-6,8,11-13,16H2,1-2H3,(H,26,30)(H2,25,27,28);1H. The average Bonchev–Trinajstić information content (AvgIpc) is 3.24. The number of guanidine groups is 1. The van der Waals surface area contributed by atoms with Gasteiger partial charge in [0.15, 0.2) is 11.7 Å². The number of amides is 1. The van der Waals surface area contributed by atoms with Crippen molar-refractivity contribution in [2.45, 2.75) is 32.2 Å². The van der Waals surface area contributed by atoms with Crippen LogP contribution in [0.4, 0.5) is 5.69 Å². The second kappa shape index (κ2) is 13.0. The van der Waals surface area contributed by atoms with Crippen molar-refractivity contribution in [2.24, 2.45) is 4.99 Å². The molecule has 2 aromatic rings. The number of carbonyl (C=O) groups excluding carboxylic acids is 1. The van der Waals surface area contributed by atoms with Crippen LogP contribution in [0.25, 0.3) is 0 Å². The van der Waals surface area contributed by atoms with Gasteiger partial charge in [0.1, 0.15) is 6.07 Å². The third-order valence-corrected chi connectivity index (χ3v) is 5.35. The van der Waals surface area contributed by atoms with Crippen molar-refractivity contribution >= 4 is 41.5 Å². The van der Waals surface area contributed by atoms with Gasteiger partial charge in [-0.25, -0.2) is 0 Å². The van der Waals surface area contributed by atoms with Crippen LogP contribution < -0.4 is 20.9 Å². The number of furan rings is 1. The van der Waals surface area contributed by atoms with Gasteiger partial charge >= 0.3 is 0 Å². The highest BCUT2D eigenvalue weighted by Gasteiger charge is 2.22. The molecule has 0 spiro atoms. The van der Waals surface area contributed by atoms with Crippen molar-refractivity contribution in [1.82, 2.24) is 16.0 Å². The number of nitrogens with zero attached hydrogens (tertiary/aromatic N) is 3. The molecule has 0 aliphatic carbocycles. The lowest BCUT2D eigenvalue weighted by atomic mass is 10.0. The summed E-state index contributed by atoms with van der Waals surface area (Å²) >= 11 is 0. The number of aryl methyl sites for hydroxylation is 1. The molecule has 3 rings (SSSR count). The molecule has 0 radical (unpaired) electrons. The first-order valence-electron chi connectivity index (χ1n) is 10.7. The zero-order valence-electron chi connectivity index (χ0n) is 18.6. The Labute approximate surface area is 206 Å². The Morgan fingerprint density at radius 2 is 2.06 bits per heavy atom. The summed E-state index contributed by atoms with van der Waals surface area (Å²) in [7, 11) is 1.75. The van der Waals surface area contributed by atoms with E-state index in [2.05, 4.69) is 31.9 Å². The molecule has 0 bridgehead atoms. The van der Waals surface area contributed by atoms with Crippen LogP contribution in [0, 0.1) is 18.3 Å². The predicted octanol–water partition coefficient (Wildman–Crippen LogP) is 3.03. The second-order valence-electron chi connectivity index (χ2n) is 7.60. The van der Waals surface area contributed by atoms with E-state index < -0.39 is 0 Å². The Bertz CT molecular complexity index is 952. The molecule has 1 unspecified atom stereocenters. The Morgan fingerprint density at radius 1 is 1.28 bits per heavy atom. The fourth-order valence-corrected chi connectivity index (χ4v) is 3.73. The fraction of sp³-hybridized carbons (Fsp3) is 0.435. The first kappa shape index (κ1) is 25.5. The van der Waals surface area contributed by atoms with Gasteiger partial charge in [0.25, 0.3) is 5.91 Å². The van der Waals surface area contributed by atoms with Crippen LogP contribution >= 0.6 is 24.0 Å². The fourth-order valence-electron chi connectivity index (χ4n) is 3.73. The molecular weight excluding hydrogens is 519 g/mol. The quantitative estimate of drug-likeness (QED) is 0.212. The van der Waals surface area contributed by atoms with E-state index in [-0.39, 0.29) is 35.9 Å². The van der Waals surface area contributed by atoms with Gasteiger partial charge in [0.05, 0.1) is 17.5 Å². The number of halogens is 1. The number of rotatable bonds is 7. The van der Waals surface area contributed by atoms with E-state index in [9.17, 15) is 10.1 Å². The highest BCUT2D eigenvalue weighted by atomic mass is 127. The van der Waals surface area contributed by atoms with E-state index in [1.807, 2.05) is 31.2 Å². The maximum absolute atomic E-state index is 12.0. The van der Waals surface area contributed by atoms with Crippen LogP contribution in [-0.2, 0) is 0 Å². The van der Waals surface area contributed by atoms with Crippen LogP contribution in [-0.4, -0.2) is 51.1 Å². The van der Waals surface area contributed by atoms with E-state index in [0.29, 0.717) is 24.4 Å². The number of hydrogen-bond donors (Lipinski definition) is 3. The number of anilines is 1. The van der Waals surface area contributed by atoms with E-state index in [0.717, 1.165) is 49.6 Å². The number of para-hydroxylation sites is 1. The van der Waals surface area contributed by atoms with Crippen molar-refractivity contribution in [3.63, 3.8) is 0 Å². The maximum atomic E-state index is 12.0. The highest BCUT2D eigenvalue weighted by molar-refractivity contribution is 14.0. The van der Waals surface area contributed by atoms with E-state index >= 15 is 0 Å². The summed E-state index contributed by atoms with van der Waals surface area (Å²) in [5.41, 5.74) is 2.53. The topological polar surface area (TPSA) is 106 Å². The number of hydrogen-bond acceptors (Lipinski definition) is 5. The molecule has 1 fully saturated rings. The molecular formula is C23H31IN6O2. The molecule has 3 N–H and O–H groups in total.